The molecule has 2 nitrogen and oxygen atoms in total. The molecule has 1 atom stereocenters. The average molecular weight is 277 g/mol. The van der Waals surface area contributed by atoms with Crippen molar-refractivity contribution in [3.63, 3.8) is 0 Å². The van der Waals surface area contributed by atoms with E-state index >= 15 is 0 Å². The van der Waals surface area contributed by atoms with Gasteiger partial charge in [0.1, 0.15) is 0 Å². The predicted octanol–water partition coefficient (Wildman–Crippen LogP) is 4.15. The molecule has 0 saturated carbocycles. The van der Waals surface area contributed by atoms with E-state index in [-0.39, 0.29) is 6.04 Å². The summed E-state index contributed by atoms with van der Waals surface area (Å²) in [5, 5.41) is 4.36. The number of benzene rings is 1. The second-order valence-corrected chi connectivity index (χ2v) is 5.49. The molecule has 0 aliphatic rings. The van der Waals surface area contributed by atoms with E-state index in [1.807, 2.05) is 18.2 Å². The van der Waals surface area contributed by atoms with Crippen LogP contribution in [0, 0.1) is 13.8 Å². The lowest BCUT2D eigenvalue weighted by molar-refractivity contribution is 0.573. The lowest BCUT2D eigenvalue weighted by atomic mass is 10.1. The maximum Gasteiger partial charge on any atom is 0.0453 e. The first-order valence-electron chi connectivity index (χ1n) is 6.60. The highest BCUT2D eigenvalue weighted by atomic mass is 35.5. The van der Waals surface area contributed by atoms with Gasteiger partial charge in [0.25, 0.3) is 0 Å². The molecule has 0 bridgehead atoms. The highest BCUT2D eigenvalue weighted by Crippen LogP contribution is 2.23. The van der Waals surface area contributed by atoms with Gasteiger partial charge in [-0.1, -0.05) is 29.8 Å². The van der Waals surface area contributed by atoms with Crippen molar-refractivity contribution in [3.8, 4) is 0 Å². The van der Waals surface area contributed by atoms with Crippen molar-refractivity contribution in [2.24, 2.45) is 7.05 Å². The van der Waals surface area contributed by atoms with Crippen LogP contribution in [0.2, 0.25) is 5.02 Å². The van der Waals surface area contributed by atoms with E-state index in [4.69, 9.17) is 11.6 Å². The Morgan fingerprint density at radius 2 is 1.95 bits per heavy atom. The van der Waals surface area contributed by atoms with Gasteiger partial charge in [-0.05, 0) is 44.0 Å². The third-order valence-corrected chi connectivity index (χ3v) is 4.19. The van der Waals surface area contributed by atoms with Crippen LogP contribution < -0.4 is 5.32 Å². The maximum absolute atomic E-state index is 6.22. The fraction of sp³-hybridized carbons (Fsp3) is 0.375. The molecule has 19 heavy (non-hydrogen) atoms. The number of halogens is 1. The van der Waals surface area contributed by atoms with Gasteiger partial charge in [0.2, 0.25) is 0 Å². The fourth-order valence-corrected chi connectivity index (χ4v) is 2.61. The molecule has 2 aromatic rings. The summed E-state index contributed by atoms with van der Waals surface area (Å²) >= 11 is 6.22. The minimum Gasteiger partial charge on any atom is -0.352 e. The number of aryl methyl sites for hydroxylation is 1. The van der Waals surface area contributed by atoms with Crippen molar-refractivity contribution in [1.82, 2.24) is 9.88 Å². The van der Waals surface area contributed by atoms with Crippen LogP contribution in [-0.2, 0) is 13.6 Å². The lowest BCUT2D eigenvalue weighted by Gasteiger charge is -2.15. The molecule has 1 aromatic carbocycles. The summed E-state index contributed by atoms with van der Waals surface area (Å²) in [7, 11) is 2.10. The summed E-state index contributed by atoms with van der Waals surface area (Å²) < 4.78 is 2.22. The molecule has 0 radical (unpaired) electrons. The number of hydrogen-bond donors (Lipinski definition) is 1. The van der Waals surface area contributed by atoms with Crippen LogP contribution in [0.1, 0.15) is 35.5 Å². The number of hydrogen-bond acceptors (Lipinski definition) is 1. The Hall–Kier alpha value is -1.25. The maximum atomic E-state index is 6.22. The van der Waals surface area contributed by atoms with Gasteiger partial charge in [-0.3, -0.25) is 0 Å². The fourth-order valence-electron chi connectivity index (χ4n) is 2.31. The van der Waals surface area contributed by atoms with Crippen molar-refractivity contribution in [3.05, 3.63) is 57.9 Å². The molecule has 0 spiro atoms. The molecule has 0 saturated heterocycles. The van der Waals surface area contributed by atoms with Gasteiger partial charge in [0.15, 0.2) is 0 Å². The van der Waals surface area contributed by atoms with E-state index in [0.717, 1.165) is 17.1 Å². The first-order valence-corrected chi connectivity index (χ1v) is 6.98. The van der Waals surface area contributed by atoms with Crippen LogP contribution in [-0.4, -0.2) is 4.57 Å². The van der Waals surface area contributed by atoms with Crippen LogP contribution in [0.3, 0.4) is 0 Å². The highest BCUT2D eigenvalue weighted by molar-refractivity contribution is 6.31. The highest BCUT2D eigenvalue weighted by Gasteiger charge is 2.10. The Bertz CT molecular complexity index is 572. The quantitative estimate of drug-likeness (QED) is 0.888. The van der Waals surface area contributed by atoms with Crippen LogP contribution in [0.15, 0.2) is 30.3 Å². The van der Waals surface area contributed by atoms with Gasteiger partial charge in [-0.2, -0.15) is 0 Å². The van der Waals surface area contributed by atoms with Gasteiger partial charge in [0, 0.05) is 36.0 Å². The van der Waals surface area contributed by atoms with E-state index in [2.05, 4.69) is 49.8 Å². The van der Waals surface area contributed by atoms with Gasteiger partial charge >= 0.3 is 0 Å². The standard InChI is InChI=1S/C16H21ClN2/c1-11-9-14(13(3)19(11)4)10-18-12(2)15-7-5-6-8-16(15)17/h5-9,12,18H,10H2,1-4H3/t12-/m0/s1. The summed E-state index contributed by atoms with van der Waals surface area (Å²) in [5.74, 6) is 0. The Balaban J connectivity index is 2.06. The predicted molar refractivity (Wildman–Crippen MR) is 81.6 cm³/mol. The van der Waals surface area contributed by atoms with E-state index in [9.17, 15) is 0 Å². The first kappa shape index (κ1) is 14.2. The molecular formula is C16H21ClN2. The molecule has 3 heteroatoms. The molecule has 0 unspecified atom stereocenters. The van der Waals surface area contributed by atoms with Crippen molar-refractivity contribution in [2.45, 2.75) is 33.4 Å². The third kappa shape index (κ3) is 3.02. The SMILES string of the molecule is Cc1cc(CN[C@@H](C)c2ccccc2Cl)c(C)n1C. The minimum absolute atomic E-state index is 0.244. The average Bonchev–Trinajstić information content (AvgIpc) is 2.64. The van der Waals surface area contributed by atoms with Gasteiger partial charge in [0.05, 0.1) is 0 Å². The van der Waals surface area contributed by atoms with Crippen molar-refractivity contribution in [2.75, 3.05) is 0 Å². The second-order valence-electron chi connectivity index (χ2n) is 5.08. The number of rotatable bonds is 4. The van der Waals surface area contributed by atoms with E-state index in [1.165, 1.54) is 17.0 Å². The van der Waals surface area contributed by atoms with Crippen LogP contribution in [0.5, 0.6) is 0 Å². The van der Waals surface area contributed by atoms with Crippen molar-refractivity contribution < 1.29 is 0 Å². The largest absolute Gasteiger partial charge is 0.352 e. The third-order valence-electron chi connectivity index (χ3n) is 3.85. The number of aromatic nitrogens is 1. The van der Waals surface area contributed by atoms with Crippen molar-refractivity contribution in [1.29, 1.82) is 0 Å². The molecule has 1 N–H and O–H groups in total. The molecule has 102 valence electrons. The molecule has 0 fully saturated rings. The minimum atomic E-state index is 0.244. The molecule has 0 aliphatic heterocycles. The zero-order valence-electron chi connectivity index (χ0n) is 12.0. The summed E-state index contributed by atoms with van der Waals surface area (Å²) in [4.78, 5) is 0. The second kappa shape index (κ2) is 5.81. The van der Waals surface area contributed by atoms with E-state index < -0.39 is 0 Å². The molecule has 0 amide bonds. The normalized spacial score (nSPS) is 12.7. The lowest BCUT2D eigenvalue weighted by Crippen LogP contribution is -2.18. The van der Waals surface area contributed by atoms with Gasteiger partial charge < -0.3 is 9.88 Å². The Morgan fingerprint density at radius 3 is 2.53 bits per heavy atom. The molecule has 2 rings (SSSR count). The molecule has 0 aliphatic carbocycles. The molecular weight excluding hydrogens is 256 g/mol. The topological polar surface area (TPSA) is 17.0 Å². The zero-order valence-corrected chi connectivity index (χ0v) is 12.8. The smallest absolute Gasteiger partial charge is 0.0453 e. The van der Waals surface area contributed by atoms with Crippen LogP contribution in [0.25, 0.3) is 0 Å². The van der Waals surface area contributed by atoms with Crippen LogP contribution in [0.4, 0.5) is 0 Å². The summed E-state index contributed by atoms with van der Waals surface area (Å²) in [6.07, 6.45) is 0. The molecule has 1 heterocycles. The number of nitrogens with zero attached hydrogens (tertiary/aromatic N) is 1. The van der Waals surface area contributed by atoms with E-state index in [0.29, 0.717) is 0 Å². The summed E-state index contributed by atoms with van der Waals surface area (Å²) in [6.45, 7) is 7.30. The Morgan fingerprint density at radius 1 is 1.26 bits per heavy atom. The summed E-state index contributed by atoms with van der Waals surface area (Å²) in [5.41, 5.74) is 5.10. The monoisotopic (exact) mass is 276 g/mol. The zero-order chi connectivity index (χ0) is 14.0. The Kier molecular flexibility index (Phi) is 4.33. The number of nitrogens with one attached hydrogen (secondary N) is 1. The van der Waals surface area contributed by atoms with E-state index in [1.54, 1.807) is 0 Å². The van der Waals surface area contributed by atoms with Gasteiger partial charge in [-0.25, -0.2) is 0 Å². The first-order chi connectivity index (χ1) is 9.00. The summed E-state index contributed by atoms with van der Waals surface area (Å²) in [6, 6.07) is 10.5. The van der Waals surface area contributed by atoms with Crippen molar-refractivity contribution >= 4 is 11.6 Å². The van der Waals surface area contributed by atoms with Gasteiger partial charge in [-0.15, -0.1) is 0 Å². The Labute approximate surface area is 120 Å². The molecule has 1 aromatic heterocycles. The van der Waals surface area contributed by atoms with Crippen LogP contribution >= 0.6 is 11.6 Å².